The average Bonchev–Trinajstić information content (AvgIpc) is 2.77. The molecule has 1 aliphatic rings. The zero-order valence-electron chi connectivity index (χ0n) is 17.1. The van der Waals surface area contributed by atoms with E-state index < -0.39 is 29.6 Å². The van der Waals surface area contributed by atoms with Crippen LogP contribution in [0.2, 0.25) is 0 Å². The second-order valence-electron chi connectivity index (χ2n) is 6.95. The van der Waals surface area contributed by atoms with Crippen molar-refractivity contribution >= 4 is 17.6 Å². The number of halogens is 3. The molecule has 0 amide bonds. The molecule has 0 saturated carbocycles. The first-order valence-electron chi connectivity index (χ1n) is 9.28. The molecule has 0 saturated heterocycles. The fourth-order valence-corrected chi connectivity index (χ4v) is 3.32. The van der Waals surface area contributed by atoms with Crippen LogP contribution in [0.4, 0.5) is 18.9 Å². The molecule has 0 N–H and O–H groups in total. The zero-order chi connectivity index (χ0) is 22.8. The highest BCUT2D eigenvalue weighted by molar-refractivity contribution is 5.99. The summed E-state index contributed by atoms with van der Waals surface area (Å²) in [5, 5.41) is 0. The van der Waals surface area contributed by atoms with E-state index in [2.05, 4.69) is 0 Å². The van der Waals surface area contributed by atoms with Gasteiger partial charge in [0.05, 0.1) is 36.8 Å². The monoisotopic (exact) mass is 431 g/mol. The predicted molar refractivity (Wildman–Crippen MR) is 108 cm³/mol. The minimum atomic E-state index is -4.50. The van der Waals surface area contributed by atoms with Gasteiger partial charge in [-0.1, -0.05) is 29.8 Å². The summed E-state index contributed by atoms with van der Waals surface area (Å²) in [5.74, 6) is -2.38. The largest absolute Gasteiger partial charge is 0.466 e. The number of ether oxygens (including phenoxy) is 2. The summed E-state index contributed by atoms with van der Waals surface area (Å²) >= 11 is 0. The number of hydrogen-bond donors (Lipinski definition) is 0. The molecule has 0 aliphatic carbocycles. The Morgan fingerprint density at radius 3 is 1.74 bits per heavy atom. The Labute approximate surface area is 177 Å². The van der Waals surface area contributed by atoms with Gasteiger partial charge in [0.25, 0.3) is 0 Å². The maximum absolute atomic E-state index is 13.0. The lowest BCUT2D eigenvalue weighted by molar-refractivity contribution is -0.138. The molecule has 0 bridgehead atoms. The van der Waals surface area contributed by atoms with Crippen LogP contribution in [0.3, 0.4) is 0 Å². The Hall–Kier alpha value is -3.55. The molecule has 0 atom stereocenters. The van der Waals surface area contributed by atoms with E-state index in [1.165, 1.54) is 38.8 Å². The molecule has 2 aromatic rings. The van der Waals surface area contributed by atoms with Crippen molar-refractivity contribution in [3.05, 3.63) is 88.8 Å². The molecular weight excluding hydrogens is 411 g/mol. The van der Waals surface area contributed by atoms with E-state index >= 15 is 0 Å². The first-order valence-corrected chi connectivity index (χ1v) is 9.28. The highest BCUT2D eigenvalue weighted by Crippen LogP contribution is 2.39. The number of carbonyl (C=O) groups is 2. The maximum atomic E-state index is 13.0. The summed E-state index contributed by atoms with van der Waals surface area (Å²) in [6.07, 6.45) is -1.49. The van der Waals surface area contributed by atoms with Gasteiger partial charge in [-0.25, -0.2) is 9.59 Å². The molecular formula is C23H20F3NO4. The number of anilines is 1. The molecule has 0 radical (unpaired) electrons. The second-order valence-corrected chi connectivity index (χ2v) is 6.95. The van der Waals surface area contributed by atoms with Crippen molar-refractivity contribution in [3.63, 3.8) is 0 Å². The van der Waals surface area contributed by atoms with Gasteiger partial charge in [-0.05, 0) is 36.8 Å². The second kappa shape index (κ2) is 8.67. The van der Waals surface area contributed by atoms with Gasteiger partial charge in [0, 0.05) is 18.1 Å². The lowest BCUT2D eigenvalue weighted by atomic mass is 9.83. The minimum absolute atomic E-state index is 0.0886. The standard InChI is InChI=1S/C23H20F3NO4/c1-14-4-10-17(11-5-14)27-12-18(21(28)30-2)20(19(13-27)22(29)31-3)15-6-8-16(9-7-15)23(24,25)26/h4-13,20H,1-3H3. The van der Waals surface area contributed by atoms with Gasteiger partial charge in [0.1, 0.15) is 0 Å². The first-order chi connectivity index (χ1) is 14.7. The number of benzene rings is 2. The first kappa shape index (κ1) is 22.1. The molecule has 31 heavy (non-hydrogen) atoms. The Bertz CT molecular complexity index is 1000. The van der Waals surface area contributed by atoms with Crippen molar-refractivity contribution in [2.45, 2.75) is 19.0 Å². The fraction of sp³-hybridized carbons (Fsp3) is 0.217. The van der Waals surface area contributed by atoms with Gasteiger partial charge in [-0.3, -0.25) is 0 Å². The van der Waals surface area contributed by atoms with Crippen molar-refractivity contribution in [2.24, 2.45) is 0 Å². The van der Waals surface area contributed by atoms with E-state index in [1.54, 1.807) is 4.90 Å². The van der Waals surface area contributed by atoms with Gasteiger partial charge >= 0.3 is 18.1 Å². The van der Waals surface area contributed by atoms with Crippen LogP contribution in [0, 0.1) is 6.92 Å². The molecule has 0 unspecified atom stereocenters. The van der Waals surface area contributed by atoms with E-state index in [0.29, 0.717) is 11.3 Å². The molecule has 0 aromatic heterocycles. The summed E-state index contributed by atoms with van der Waals surface area (Å²) in [6, 6.07) is 11.7. The van der Waals surface area contributed by atoms with Gasteiger partial charge in [0.15, 0.2) is 0 Å². The van der Waals surface area contributed by atoms with Gasteiger partial charge < -0.3 is 14.4 Å². The number of carbonyl (C=O) groups excluding carboxylic acids is 2. The molecule has 162 valence electrons. The molecule has 0 spiro atoms. The third kappa shape index (κ3) is 4.63. The van der Waals surface area contributed by atoms with Gasteiger partial charge in [-0.15, -0.1) is 0 Å². The zero-order valence-corrected chi connectivity index (χ0v) is 17.1. The Morgan fingerprint density at radius 2 is 1.32 bits per heavy atom. The average molecular weight is 431 g/mol. The number of aryl methyl sites for hydroxylation is 1. The fourth-order valence-electron chi connectivity index (χ4n) is 3.32. The van der Waals surface area contributed by atoms with Crippen LogP contribution in [0.5, 0.6) is 0 Å². The van der Waals surface area contributed by atoms with E-state index in [1.807, 2.05) is 31.2 Å². The van der Waals surface area contributed by atoms with Crippen molar-refractivity contribution in [2.75, 3.05) is 19.1 Å². The molecule has 0 fully saturated rings. The van der Waals surface area contributed by atoms with Crippen LogP contribution in [0.15, 0.2) is 72.1 Å². The number of hydrogen-bond acceptors (Lipinski definition) is 5. The predicted octanol–water partition coefficient (Wildman–Crippen LogP) is 4.73. The van der Waals surface area contributed by atoms with Crippen molar-refractivity contribution in [1.29, 1.82) is 0 Å². The highest BCUT2D eigenvalue weighted by Gasteiger charge is 2.36. The smallest absolute Gasteiger partial charge is 0.416 e. The van der Waals surface area contributed by atoms with Crippen LogP contribution >= 0.6 is 0 Å². The molecule has 3 rings (SSSR count). The summed E-state index contributed by atoms with van der Waals surface area (Å²) < 4.78 is 48.7. The topological polar surface area (TPSA) is 55.8 Å². The molecule has 2 aromatic carbocycles. The quantitative estimate of drug-likeness (QED) is 0.655. The number of esters is 2. The summed E-state index contributed by atoms with van der Waals surface area (Å²) in [5.41, 5.74) is 1.37. The Balaban J connectivity index is 2.14. The third-order valence-corrected chi connectivity index (χ3v) is 4.92. The molecule has 5 nitrogen and oxygen atoms in total. The molecule has 1 aliphatic heterocycles. The lowest BCUT2D eigenvalue weighted by Gasteiger charge is -2.30. The number of methoxy groups -OCH3 is 2. The SMILES string of the molecule is COC(=O)C1=CN(c2ccc(C)cc2)C=C(C(=O)OC)C1c1ccc(C(F)(F)F)cc1. The van der Waals surface area contributed by atoms with Crippen LogP contribution in [-0.4, -0.2) is 26.2 Å². The maximum Gasteiger partial charge on any atom is 0.416 e. The number of rotatable bonds is 4. The van der Waals surface area contributed by atoms with Crippen LogP contribution in [0.1, 0.15) is 22.6 Å². The van der Waals surface area contributed by atoms with Crippen LogP contribution in [-0.2, 0) is 25.2 Å². The van der Waals surface area contributed by atoms with E-state index in [4.69, 9.17) is 9.47 Å². The van der Waals surface area contributed by atoms with E-state index in [0.717, 1.165) is 17.7 Å². The van der Waals surface area contributed by atoms with Crippen molar-refractivity contribution < 1.29 is 32.2 Å². The van der Waals surface area contributed by atoms with Crippen LogP contribution in [0.25, 0.3) is 0 Å². The van der Waals surface area contributed by atoms with E-state index in [-0.39, 0.29) is 11.1 Å². The summed E-state index contributed by atoms with van der Waals surface area (Å²) in [7, 11) is 2.39. The minimum Gasteiger partial charge on any atom is -0.466 e. The van der Waals surface area contributed by atoms with Crippen molar-refractivity contribution in [3.8, 4) is 0 Å². The van der Waals surface area contributed by atoms with Gasteiger partial charge in [-0.2, -0.15) is 13.2 Å². The normalized spacial score (nSPS) is 14.6. The summed E-state index contributed by atoms with van der Waals surface area (Å²) in [6.45, 7) is 1.92. The number of nitrogens with zero attached hydrogens (tertiary/aromatic N) is 1. The third-order valence-electron chi connectivity index (χ3n) is 4.92. The van der Waals surface area contributed by atoms with Crippen molar-refractivity contribution in [1.82, 2.24) is 0 Å². The summed E-state index contributed by atoms with van der Waals surface area (Å²) in [4.78, 5) is 26.8. The molecule has 1 heterocycles. The molecule has 8 heteroatoms. The van der Waals surface area contributed by atoms with Gasteiger partial charge in [0.2, 0.25) is 0 Å². The van der Waals surface area contributed by atoms with Crippen LogP contribution < -0.4 is 4.90 Å². The Kier molecular flexibility index (Phi) is 6.19. The highest BCUT2D eigenvalue weighted by atomic mass is 19.4. The van der Waals surface area contributed by atoms with E-state index in [9.17, 15) is 22.8 Å². The Morgan fingerprint density at radius 1 is 0.839 bits per heavy atom. The lowest BCUT2D eigenvalue weighted by Crippen LogP contribution is -2.28. The number of alkyl halides is 3.